The molecule has 0 amide bonds. The van der Waals surface area contributed by atoms with Gasteiger partial charge in [-0.3, -0.25) is 0 Å². The van der Waals surface area contributed by atoms with E-state index in [1.54, 1.807) is 7.11 Å². The van der Waals surface area contributed by atoms with E-state index in [0.29, 0.717) is 12.1 Å². The summed E-state index contributed by atoms with van der Waals surface area (Å²) in [5.41, 5.74) is 7.10. The zero-order chi connectivity index (χ0) is 11.7. The number of nitrogens with zero attached hydrogens (tertiary/aromatic N) is 2. The molecular weight excluding hydrogens is 317 g/mol. The highest BCUT2D eigenvalue weighted by Gasteiger charge is 2.25. The van der Waals surface area contributed by atoms with Gasteiger partial charge in [-0.05, 0) is 55.2 Å². The van der Waals surface area contributed by atoms with Gasteiger partial charge in [0.15, 0.2) is 0 Å². The number of ether oxygens (including phenoxy) is 1. The first-order valence-electron chi connectivity index (χ1n) is 5.66. The van der Waals surface area contributed by atoms with Crippen molar-refractivity contribution in [2.75, 3.05) is 12.8 Å². The first kappa shape index (κ1) is 12.2. The van der Waals surface area contributed by atoms with Crippen molar-refractivity contribution >= 4 is 28.4 Å². The minimum atomic E-state index is 0.424. The third-order valence-electron chi connectivity index (χ3n) is 3.37. The van der Waals surface area contributed by atoms with Gasteiger partial charge in [0.1, 0.15) is 5.82 Å². The maximum atomic E-state index is 6.06. The van der Waals surface area contributed by atoms with Crippen molar-refractivity contribution in [3.05, 3.63) is 9.26 Å². The van der Waals surface area contributed by atoms with E-state index in [9.17, 15) is 0 Å². The van der Waals surface area contributed by atoms with E-state index in [-0.39, 0.29) is 0 Å². The van der Waals surface area contributed by atoms with Gasteiger partial charge in [-0.2, -0.15) is 5.10 Å². The van der Waals surface area contributed by atoms with Gasteiger partial charge < -0.3 is 10.5 Å². The summed E-state index contributed by atoms with van der Waals surface area (Å²) in [4.78, 5) is 0. The van der Waals surface area contributed by atoms with Gasteiger partial charge in [-0.1, -0.05) is 0 Å². The largest absolute Gasteiger partial charge is 0.383 e. The molecule has 5 heteroatoms. The zero-order valence-electron chi connectivity index (χ0n) is 9.74. The number of methoxy groups -OCH3 is 1. The second-order valence-electron chi connectivity index (χ2n) is 4.40. The Morgan fingerprint density at radius 2 is 2.00 bits per heavy atom. The Bertz CT molecular complexity index is 370. The molecular formula is C11H18IN3O. The molecule has 0 aliphatic heterocycles. The Balaban J connectivity index is 2.11. The summed E-state index contributed by atoms with van der Waals surface area (Å²) in [5.74, 6) is 0.818. The number of hydrogen-bond acceptors (Lipinski definition) is 3. The molecule has 0 radical (unpaired) electrons. The van der Waals surface area contributed by atoms with Crippen LogP contribution in [-0.4, -0.2) is 23.0 Å². The van der Waals surface area contributed by atoms with Crippen LogP contribution in [0.1, 0.15) is 37.4 Å². The van der Waals surface area contributed by atoms with Crippen molar-refractivity contribution < 1.29 is 4.74 Å². The van der Waals surface area contributed by atoms with Crippen LogP contribution in [-0.2, 0) is 4.74 Å². The lowest BCUT2D eigenvalue weighted by Gasteiger charge is -2.28. The van der Waals surface area contributed by atoms with Crippen molar-refractivity contribution in [2.24, 2.45) is 0 Å². The lowest BCUT2D eigenvalue weighted by molar-refractivity contribution is 0.0571. The Hall–Kier alpha value is -0.300. The van der Waals surface area contributed by atoms with Gasteiger partial charge in [-0.25, -0.2) is 4.68 Å². The number of halogens is 1. The second-order valence-corrected chi connectivity index (χ2v) is 5.47. The zero-order valence-corrected chi connectivity index (χ0v) is 11.9. The summed E-state index contributed by atoms with van der Waals surface area (Å²) in [6.07, 6.45) is 4.86. The molecule has 1 aromatic rings. The van der Waals surface area contributed by atoms with E-state index in [0.717, 1.165) is 40.8 Å². The van der Waals surface area contributed by atoms with Crippen molar-refractivity contribution in [3.8, 4) is 0 Å². The molecule has 4 nitrogen and oxygen atoms in total. The van der Waals surface area contributed by atoms with Crippen LogP contribution in [0.5, 0.6) is 0 Å². The number of aryl methyl sites for hydroxylation is 1. The van der Waals surface area contributed by atoms with Crippen LogP contribution in [0.25, 0.3) is 0 Å². The molecule has 1 aromatic heterocycles. The molecule has 1 aliphatic carbocycles. The Morgan fingerprint density at radius 3 is 2.44 bits per heavy atom. The lowest BCUT2D eigenvalue weighted by Crippen LogP contribution is -2.24. The molecule has 1 saturated carbocycles. The Kier molecular flexibility index (Phi) is 3.73. The number of hydrogen-bond donors (Lipinski definition) is 1. The van der Waals surface area contributed by atoms with Crippen LogP contribution in [0.15, 0.2) is 0 Å². The molecule has 0 atom stereocenters. The summed E-state index contributed by atoms with van der Waals surface area (Å²) < 4.78 is 8.46. The molecule has 1 fully saturated rings. The number of nitrogens with two attached hydrogens (primary N) is 1. The van der Waals surface area contributed by atoms with Crippen LogP contribution >= 0.6 is 22.6 Å². The molecule has 16 heavy (non-hydrogen) atoms. The standard InChI is InChI=1S/C11H18IN3O/c1-7-10(12)11(13)15(14-7)8-3-5-9(16-2)6-4-8/h8-9H,3-6,13H2,1-2H3. The van der Waals surface area contributed by atoms with Crippen molar-refractivity contribution in [1.82, 2.24) is 9.78 Å². The maximum Gasteiger partial charge on any atom is 0.135 e. The highest BCUT2D eigenvalue weighted by Crippen LogP contribution is 2.32. The predicted molar refractivity (Wildman–Crippen MR) is 72.4 cm³/mol. The van der Waals surface area contributed by atoms with Gasteiger partial charge in [0.25, 0.3) is 0 Å². The molecule has 0 saturated heterocycles. The summed E-state index contributed by atoms with van der Waals surface area (Å²) >= 11 is 2.26. The predicted octanol–water partition coefficient (Wildman–Crippen LogP) is 2.51. The van der Waals surface area contributed by atoms with Crippen LogP contribution in [0.2, 0.25) is 0 Å². The number of aromatic nitrogens is 2. The average molecular weight is 335 g/mol. The van der Waals surface area contributed by atoms with Crippen molar-refractivity contribution in [1.29, 1.82) is 0 Å². The monoisotopic (exact) mass is 335 g/mol. The van der Waals surface area contributed by atoms with Crippen LogP contribution in [0.3, 0.4) is 0 Å². The summed E-state index contributed by atoms with van der Waals surface area (Å²) in [6.45, 7) is 2.01. The van der Waals surface area contributed by atoms with E-state index in [4.69, 9.17) is 10.5 Å². The minimum Gasteiger partial charge on any atom is -0.383 e. The number of rotatable bonds is 2. The number of nitrogen functional groups attached to an aromatic ring is 1. The molecule has 2 rings (SSSR count). The quantitative estimate of drug-likeness (QED) is 0.845. The fraction of sp³-hybridized carbons (Fsp3) is 0.727. The van der Waals surface area contributed by atoms with Crippen LogP contribution in [0, 0.1) is 10.5 Å². The molecule has 1 aliphatic rings. The van der Waals surface area contributed by atoms with Gasteiger partial charge in [-0.15, -0.1) is 0 Å². The van der Waals surface area contributed by atoms with E-state index in [1.165, 1.54) is 0 Å². The van der Waals surface area contributed by atoms with Gasteiger partial charge >= 0.3 is 0 Å². The molecule has 0 aromatic carbocycles. The Morgan fingerprint density at radius 1 is 1.38 bits per heavy atom. The molecule has 1 heterocycles. The van der Waals surface area contributed by atoms with Gasteiger partial charge in [0.2, 0.25) is 0 Å². The molecule has 2 N–H and O–H groups in total. The lowest BCUT2D eigenvalue weighted by atomic mass is 9.93. The first-order chi connectivity index (χ1) is 7.63. The smallest absolute Gasteiger partial charge is 0.135 e. The minimum absolute atomic E-state index is 0.424. The summed E-state index contributed by atoms with van der Waals surface area (Å²) in [5, 5.41) is 4.53. The number of anilines is 1. The summed E-state index contributed by atoms with van der Waals surface area (Å²) in [7, 11) is 1.79. The normalized spacial score (nSPS) is 25.9. The van der Waals surface area contributed by atoms with Gasteiger partial charge in [0.05, 0.1) is 21.4 Å². The molecule has 90 valence electrons. The third-order valence-corrected chi connectivity index (χ3v) is 4.70. The first-order valence-corrected chi connectivity index (χ1v) is 6.74. The van der Waals surface area contributed by atoms with Crippen LogP contribution < -0.4 is 5.73 Å². The van der Waals surface area contributed by atoms with Gasteiger partial charge in [0, 0.05) is 7.11 Å². The highest BCUT2D eigenvalue weighted by molar-refractivity contribution is 14.1. The Labute approximate surface area is 110 Å². The van der Waals surface area contributed by atoms with E-state index >= 15 is 0 Å². The van der Waals surface area contributed by atoms with E-state index < -0.39 is 0 Å². The topological polar surface area (TPSA) is 53.1 Å². The fourth-order valence-corrected chi connectivity index (χ4v) is 2.70. The molecule has 0 bridgehead atoms. The van der Waals surface area contributed by atoms with Crippen molar-refractivity contribution in [2.45, 2.75) is 44.8 Å². The van der Waals surface area contributed by atoms with E-state index in [1.807, 2.05) is 11.6 Å². The maximum absolute atomic E-state index is 6.06. The SMILES string of the molecule is COC1CCC(n2nc(C)c(I)c2N)CC1. The summed E-state index contributed by atoms with van der Waals surface area (Å²) in [6, 6.07) is 0.452. The van der Waals surface area contributed by atoms with Crippen molar-refractivity contribution in [3.63, 3.8) is 0 Å². The van der Waals surface area contributed by atoms with E-state index in [2.05, 4.69) is 27.7 Å². The molecule has 0 spiro atoms. The third kappa shape index (κ3) is 2.20. The highest BCUT2D eigenvalue weighted by atomic mass is 127. The van der Waals surface area contributed by atoms with Crippen LogP contribution in [0.4, 0.5) is 5.82 Å². The second kappa shape index (κ2) is 4.91. The fourth-order valence-electron chi connectivity index (χ4n) is 2.35. The molecule has 0 unspecified atom stereocenters. The average Bonchev–Trinajstić information content (AvgIpc) is 2.57.